The standard InChI is InChI=1S/C27H20ClF3N2O4S/c28-25-16-11-19(17-24(25)27(29,30)31)32-26(34)18-33(38(35,36)23-9-5-2-6-10-23)20-12-14-22(15-13-20)37-21-7-3-1-4-8-21/h1-17H,18H2,(H,32,34). The summed E-state index contributed by atoms with van der Waals surface area (Å²) in [4.78, 5) is 12.8. The average molecular weight is 561 g/mol. The maximum atomic E-state index is 13.5. The molecule has 196 valence electrons. The molecule has 0 aliphatic heterocycles. The topological polar surface area (TPSA) is 75.7 Å². The number of sulfonamides is 1. The first kappa shape index (κ1) is 27.0. The molecule has 11 heteroatoms. The van der Waals surface area contributed by atoms with E-state index >= 15 is 0 Å². The highest BCUT2D eigenvalue weighted by Crippen LogP contribution is 2.36. The molecule has 0 fully saturated rings. The zero-order valence-electron chi connectivity index (χ0n) is 19.5. The number of hydrogen-bond donors (Lipinski definition) is 1. The molecule has 0 atom stereocenters. The number of alkyl halides is 3. The summed E-state index contributed by atoms with van der Waals surface area (Å²) in [7, 11) is -4.22. The van der Waals surface area contributed by atoms with Crippen LogP contribution < -0.4 is 14.4 Å². The first-order valence-corrected chi connectivity index (χ1v) is 12.9. The molecule has 0 radical (unpaired) electrons. The van der Waals surface area contributed by atoms with Gasteiger partial charge in [-0.1, -0.05) is 48.0 Å². The Morgan fingerprint density at radius 2 is 1.42 bits per heavy atom. The Labute approximate surface area is 222 Å². The molecule has 0 saturated carbocycles. The molecule has 6 nitrogen and oxygen atoms in total. The van der Waals surface area contributed by atoms with Gasteiger partial charge in [0.05, 0.1) is 21.2 Å². The second kappa shape index (κ2) is 11.2. The smallest absolute Gasteiger partial charge is 0.417 e. The number of para-hydroxylation sites is 1. The summed E-state index contributed by atoms with van der Waals surface area (Å²) in [5.74, 6) is 0.154. The van der Waals surface area contributed by atoms with Crippen LogP contribution in [0.5, 0.6) is 11.5 Å². The summed E-state index contributed by atoms with van der Waals surface area (Å²) >= 11 is 5.64. The average Bonchev–Trinajstić information content (AvgIpc) is 2.89. The van der Waals surface area contributed by atoms with E-state index in [1.165, 1.54) is 42.5 Å². The summed E-state index contributed by atoms with van der Waals surface area (Å²) < 4.78 is 73.2. The third kappa shape index (κ3) is 6.45. The Morgan fingerprint density at radius 1 is 0.842 bits per heavy atom. The zero-order chi connectivity index (χ0) is 27.3. The van der Waals surface area contributed by atoms with Crippen LogP contribution in [0.25, 0.3) is 0 Å². The lowest BCUT2D eigenvalue weighted by Crippen LogP contribution is -2.38. The fraction of sp³-hybridized carbons (Fsp3) is 0.0741. The Kier molecular flexibility index (Phi) is 7.94. The van der Waals surface area contributed by atoms with Crippen molar-refractivity contribution in [3.05, 3.63) is 114 Å². The van der Waals surface area contributed by atoms with Crippen LogP contribution in [-0.4, -0.2) is 20.9 Å². The summed E-state index contributed by atoms with van der Waals surface area (Å²) in [5, 5.41) is 1.79. The van der Waals surface area contributed by atoms with Gasteiger partial charge in [0.1, 0.15) is 18.0 Å². The van der Waals surface area contributed by atoms with E-state index in [0.29, 0.717) is 17.6 Å². The minimum Gasteiger partial charge on any atom is -0.457 e. The Bertz CT molecular complexity index is 1520. The number of rotatable bonds is 8. The Morgan fingerprint density at radius 3 is 2.03 bits per heavy atom. The van der Waals surface area contributed by atoms with Crippen molar-refractivity contribution in [1.29, 1.82) is 0 Å². The highest BCUT2D eigenvalue weighted by atomic mass is 35.5. The molecule has 4 rings (SSSR count). The van der Waals surface area contributed by atoms with Gasteiger partial charge in [0.2, 0.25) is 5.91 Å². The van der Waals surface area contributed by atoms with E-state index in [1.54, 1.807) is 42.5 Å². The lowest BCUT2D eigenvalue weighted by atomic mass is 10.2. The van der Waals surface area contributed by atoms with E-state index < -0.39 is 39.2 Å². The fourth-order valence-corrected chi connectivity index (χ4v) is 5.16. The van der Waals surface area contributed by atoms with Crippen molar-refractivity contribution in [2.75, 3.05) is 16.2 Å². The van der Waals surface area contributed by atoms with Crippen molar-refractivity contribution in [1.82, 2.24) is 0 Å². The van der Waals surface area contributed by atoms with E-state index in [-0.39, 0.29) is 16.3 Å². The molecule has 0 aliphatic carbocycles. The van der Waals surface area contributed by atoms with Crippen molar-refractivity contribution in [2.24, 2.45) is 0 Å². The molecular weight excluding hydrogens is 541 g/mol. The number of carbonyl (C=O) groups is 1. The predicted molar refractivity (Wildman–Crippen MR) is 139 cm³/mol. The second-order valence-corrected chi connectivity index (χ2v) is 10.2. The molecule has 0 unspecified atom stereocenters. The Balaban J connectivity index is 1.62. The number of halogens is 4. The molecule has 0 aliphatic rings. The molecule has 4 aromatic rings. The van der Waals surface area contributed by atoms with Crippen molar-refractivity contribution in [2.45, 2.75) is 11.1 Å². The normalized spacial score (nSPS) is 11.6. The lowest BCUT2D eigenvalue weighted by Gasteiger charge is -2.24. The van der Waals surface area contributed by atoms with E-state index in [2.05, 4.69) is 5.32 Å². The van der Waals surface area contributed by atoms with Crippen LogP contribution in [0.1, 0.15) is 5.56 Å². The van der Waals surface area contributed by atoms with E-state index in [1.807, 2.05) is 6.07 Å². The van der Waals surface area contributed by atoms with Crippen LogP contribution in [0.3, 0.4) is 0 Å². The molecule has 38 heavy (non-hydrogen) atoms. The van der Waals surface area contributed by atoms with Crippen LogP contribution in [0, 0.1) is 0 Å². The van der Waals surface area contributed by atoms with Gasteiger partial charge in [0.15, 0.2) is 0 Å². The van der Waals surface area contributed by atoms with Crippen molar-refractivity contribution in [3.63, 3.8) is 0 Å². The van der Waals surface area contributed by atoms with Gasteiger partial charge in [-0.2, -0.15) is 13.2 Å². The van der Waals surface area contributed by atoms with Crippen LogP contribution in [-0.2, 0) is 21.0 Å². The number of amides is 1. The van der Waals surface area contributed by atoms with Gasteiger partial charge in [0, 0.05) is 5.69 Å². The number of hydrogen-bond acceptors (Lipinski definition) is 4. The van der Waals surface area contributed by atoms with Gasteiger partial charge in [-0.25, -0.2) is 8.42 Å². The minimum atomic E-state index is -4.73. The highest BCUT2D eigenvalue weighted by Gasteiger charge is 2.34. The maximum absolute atomic E-state index is 13.5. The first-order valence-electron chi connectivity index (χ1n) is 11.1. The van der Waals surface area contributed by atoms with Gasteiger partial charge in [0.25, 0.3) is 10.0 Å². The van der Waals surface area contributed by atoms with Crippen LogP contribution >= 0.6 is 11.6 Å². The largest absolute Gasteiger partial charge is 0.457 e. The van der Waals surface area contributed by atoms with Crippen LogP contribution in [0.2, 0.25) is 5.02 Å². The SMILES string of the molecule is O=C(CN(c1ccc(Oc2ccccc2)cc1)S(=O)(=O)c1ccccc1)Nc1ccc(Cl)c(C(F)(F)F)c1. The molecule has 0 heterocycles. The van der Waals surface area contributed by atoms with Gasteiger partial charge in [-0.3, -0.25) is 9.10 Å². The summed E-state index contributed by atoms with van der Waals surface area (Å²) in [5.41, 5.74) is -1.16. The maximum Gasteiger partial charge on any atom is 0.417 e. The van der Waals surface area contributed by atoms with Gasteiger partial charge >= 0.3 is 6.18 Å². The third-order valence-electron chi connectivity index (χ3n) is 5.28. The van der Waals surface area contributed by atoms with Crippen LogP contribution in [0.4, 0.5) is 24.5 Å². The van der Waals surface area contributed by atoms with Crippen molar-refractivity contribution >= 4 is 38.9 Å². The molecular formula is C27H20ClF3N2O4S. The van der Waals surface area contributed by atoms with Crippen molar-refractivity contribution in [3.8, 4) is 11.5 Å². The molecule has 0 aromatic heterocycles. The van der Waals surface area contributed by atoms with Gasteiger partial charge in [-0.05, 0) is 66.7 Å². The molecule has 1 N–H and O–H groups in total. The quantitative estimate of drug-likeness (QED) is 0.252. The van der Waals surface area contributed by atoms with Crippen LogP contribution in [0.15, 0.2) is 108 Å². The predicted octanol–water partition coefficient (Wildman–Crippen LogP) is 6.99. The number of benzene rings is 4. The molecule has 0 spiro atoms. The minimum absolute atomic E-state index is 0.0664. The zero-order valence-corrected chi connectivity index (χ0v) is 21.1. The fourth-order valence-electron chi connectivity index (χ4n) is 3.49. The first-order chi connectivity index (χ1) is 18.0. The summed E-state index contributed by atoms with van der Waals surface area (Å²) in [6.45, 7) is -0.708. The highest BCUT2D eigenvalue weighted by molar-refractivity contribution is 7.92. The van der Waals surface area contributed by atoms with E-state index in [9.17, 15) is 26.4 Å². The van der Waals surface area contributed by atoms with Gasteiger partial charge in [-0.15, -0.1) is 0 Å². The van der Waals surface area contributed by atoms with Gasteiger partial charge < -0.3 is 10.1 Å². The van der Waals surface area contributed by atoms with E-state index in [4.69, 9.17) is 16.3 Å². The number of anilines is 2. The molecule has 4 aromatic carbocycles. The molecule has 0 saturated heterocycles. The Hall–Kier alpha value is -4.02. The third-order valence-corrected chi connectivity index (χ3v) is 7.40. The monoisotopic (exact) mass is 560 g/mol. The lowest BCUT2D eigenvalue weighted by molar-refractivity contribution is -0.137. The van der Waals surface area contributed by atoms with E-state index in [0.717, 1.165) is 10.4 Å². The number of carbonyl (C=O) groups excluding carboxylic acids is 1. The summed E-state index contributed by atoms with van der Waals surface area (Å²) in [6, 6.07) is 25.3. The summed E-state index contributed by atoms with van der Waals surface area (Å²) in [6.07, 6.45) is -4.73. The molecule has 0 bridgehead atoms. The number of nitrogens with one attached hydrogen (secondary N) is 1. The number of nitrogens with zero attached hydrogens (tertiary/aromatic N) is 1. The molecule has 1 amide bonds. The number of ether oxygens (including phenoxy) is 1. The van der Waals surface area contributed by atoms with Crippen molar-refractivity contribution < 1.29 is 31.1 Å². The second-order valence-electron chi connectivity index (χ2n) is 7.97.